The van der Waals surface area contributed by atoms with Gasteiger partial charge in [0, 0.05) is 16.1 Å². The number of hydrogen-bond acceptors (Lipinski definition) is 3. The van der Waals surface area contributed by atoms with Gasteiger partial charge in [-0.25, -0.2) is 0 Å². The third-order valence-corrected chi connectivity index (χ3v) is 4.35. The maximum atomic E-state index is 12.2. The van der Waals surface area contributed by atoms with Crippen LogP contribution in [0, 0.1) is 6.92 Å². The SMILES string of the molecule is CCc1sc(C(=O)Nc2cccc(C(N)=O)c2)cc1C. The largest absolute Gasteiger partial charge is 0.366 e. The van der Waals surface area contributed by atoms with Gasteiger partial charge in [-0.05, 0) is 43.2 Å². The van der Waals surface area contributed by atoms with Gasteiger partial charge in [-0.1, -0.05) is 13.0 Å². The fourth-order valence-corrected chi connectivity index (χ4v) is 2.93. The number of aryl methyl sites for hydroxylation is 2. The Kier molecular flexibility index (Phi) is 4.20. The Morgan fingerprint density at radius 1 is 1.30 bits per heavy atom. The molecule has 4 nitrogen and oxygen atoms in total. The Morgan fingerprint density at radius 2 is 2.05 bits per heavy atom. The number of benzene rings is 1. The van der Waals surface area contributed by atoms with Crippen LogP contribution in [0.4, 0.5) is 5.69 Å². The molecule has 0 atom stereocenters. The molecule has 0 saturated carbocycles. The van der Waals surface area contributed by atoms with E-state index in [0.717, 1.165) is 12.0 Å². The Bertz CT molecular complexity index is 662. The fraction of sp³-hybridized carbons (Fsp3) is 0.200. The molecule has 1 aromatic heterocycles. The zero-order valence-corrected chi connectivity index (χ0v) is 12.2. The molecule has 0 aliphatic carbocycles. The minimum Gasteiger partial charge on any atom is -0.366 e. The Hall–Kier alpha value is -2.14. The molecule has 104 valence electrons. The topological polar surface area (TPSA) is 72.2 Å². The highest BCUT2D eigenvalue weighted by Gasteiger charge is 2.12. The fourth-order valence-electron chi connectivity index (χ4n) is 1.93. The lowest BCUT2D eigenvalue weighted by molar-refractivity contribution is 0.0996. The maximum absolute atomic E-state index is 12.2. The van der Waals surface area contributed by atoms with Crippen molar-refractivity contribution in [3.8, 4) is 0 Å². The van der Waals surface area contributed by atoms with Crippen LogP contribution in [0.5, 0.6) is 0 Å². The molecule has 2 aromatic rings. The van der Waals surface area contributed by atoms with Crippen LogP contribution in [-0.2, 0) is 6.42 Å². The van der Waals surface area contributed by atoms with Crippen LogP contribution in [0.3, 0.4) is 0 Å². The zero-order valence-electron chi connectivity index (χ0n) is 11.4. The minimum atomic E-state index is -0.513. The Balaban J connectivity index is 2.18. The average molecular weight is 288 g/mol. The predicted molar refractivity (Wildman–Crippen MR) is 81.3 cm³/mol. The van der Waals surface area contributed by atoms with Gasteiger partial charge in [0.1, 0.15) is 0 Å². The molecule has 0 bridgehead atoms. The first-order valence-electron chi connectivity index (χ1n) is 6.31. The van der Waals surface area contributed by atoms with Crippen LogP contribution in [0.1, 0.15) is 37.4 Å². The molecule has 0 aliphatic heterocycles. The van der Waals surface area contributed by atoms with Gasteiger partial charge in [-0.15, -0.1) is 11.3 Å². The van der Waals surface area contributed by atoms with Gasteiger partial charge in [0.25, 0.3) is 5.91 Å². The summed E-state index contributed by atoms with van der Waals surface area (Å²) in [7, 11) is 0. The van der Waals surface area contributed by atoms with Gasteiger partial charge in [-0.2, -0.15) is 0 Å². The molecule has 5 heteroatoms. The number of carbonyl (C=O) groups is 2. The monoisotopic (exact) mass is 288 g/mol. The van der Waals surface area contributed by atoms with Crippen molar-refractivity contribution in [1.29, 1.82) is 0 Å². The standard InChI is InChI=1S/C15H16N2O2S/c1-3-12-9(2)7-13(20-12)15(19)17-11-6-4-5-10(8-11)14(16)18/h4-8H,3H2,1-2H3,(H2,16,18)(H,17,19). The number of hydrogen-bond donors (Lipinski definition) is 2. The second-order valence-electron chi connectivity index (χ2n) is 4.47. The van der Waals surface area contributed by atoms with Crippen LogP contribution in [-0.4, -0.2) is 11.8 Å². The van der Waals surface area contributed by atoms with E-state index >= 15 is 0 Å². The summed E-state index contributed by atoms with van der Waals surface area (Å²) in [6, 6.07) is 8.49. The molecular formula is C15H16N2O2S. The number of anilines is 1. The van der Waals surface area contributed by atoms with Gasteiger partial charge in [0.2, 0.25) is 5.91 Å². The summed E-state index contributed by atoms with van der Waals surface area (Å²) in [5, 5.41) is 2.78. The molecule has 0 radical (unpaired) electrons. The molecule has 0 fully saturated rings. The van der Waals surface area contributed by atoms with Crippen molar-refractivity contribution < 1.29 is 9.59 Å². The quantitative estimate of drug-likeness (QED) is 0.907. The highest BCUT2D eigenvalue weighted by atomic mass is 32.1. The molecule has 2 amide bonds. The summed E-state index contributed by atoms with van der Waals surface area (Å²) in [6.07, 6.45) is 0.918. The molecular weight excluding hydrogens is 272 g/mol. The third-order valence-electron chi connectivity index (χ3n) is 2.97. The summed E-state index contributed by atoms with van der Waals surface area (Å²) in [4.78, 5) is 25.1. The summed E-state index contributed by atoms with van der Waals surface area (Å²) < 4.78 is 0. The van der Waals surface area contributed by atoms with Crippen molar-refractivity contribution in [2.75, 3.05) is 5.32 Å². The molecule has 3 N–H and O–H groups in total. The van der Waals surface area contributed by atoms with Crippen LogP contribution in [0.2, 0.25) is 0 Å². The van der Waals surface area contributed by atoms with Crippen molar-refractivity contribution >= 4 is 28.8 Å². The van der Waals surface area contributed by atoms with E-state index in [1.54, 1.807) is 24.3 Å². The van der Waals surface area contributed by atoms with Crippen LogP contribution >= 0.6 is 11.3 Å². The zero-order chi connectivity index (χ0) is 14.7. The van der Waals surface area contributed by atoms with Gasteiger partial charge < -0.3 is 11.1 Å². The van der Waals surface area contributed by atoms with Crippen molar-refractivity contribution in [1.82, 2.24) is 0 Å². The lowest BCUT2D eigenvalue weighted by Gasteiger charge is -2.04. The minimum absolute atomic E-state index is 0.167. The van der Waals surface area contributed by atoms with Crippen molar-refractivity contribution in [3.63, 3.8) is 0 Å². The summed E-state index contributed by atoms with van der Waals surface area (Å²) in [5.74, 6) is -0.680. The second kappa shape index (κ2) is 5.88. The highest BCUT2D eigenvalue weighted by molar-refractivity contribution is 7.14. The molecule has 0 saturated heterocycles. The average Bonchev–Trinajstić information content (AvgIpc) is 2.80. The first-order chi connectivity index (χ1) is 9.51. The number of nitrogens with two attached hydrogens (primary N) is 1. The van der Waals surface area contributed by atoms with Crippen LogP contribution in [0.15, 0.2) is 30.3 Å². The summed E-state index contributed by atoms with van der Waals surface area (Å²) in [5.41, 5.74) is 7.29. The van der Waals surface area contributed by atoms with Gasteiger partial charge in [0.05, 0.1) is 4.88 Å². The number of carbonyl (C=O) groups excluding carboxylic acids is 2. The predicted octanol–water partition coefficient (Wildman–Crippen LogP) is 2.97. The van der Waals surface area contributed by atoms with Crippen LogP contribution < -0.4 is 11.1 Å². The summed E-state index contributed by atoms with van der Waals surface area (Å²) in [6.45, 7) is 4.07. The highest BCUT2D eigenvalue weighted by Crippen LogP contribution is 2.23. The number of nitrogens with one attached hydrogen (secondary N) is 1. The van der Waals surface area contributed by atoms with Gasteiger partial charge in [-0.3, -0.25) is 9.59 Å². The first-order valence-corrected chi connectivity index (χ1v) is 7.13. The van der Waals surface area contributed by atoms with E-state index in [4.69, 9.17) is 5.73 Å². The number of amides is 2. The van der Waals surface area contributed by atoms with Gasteiger partial charge in [0.15, 0.2) is 0 Å². The van der Waals surface area contributed by atoms with Crippen molar-refractivity contribution in [3.05, 3.63) is 51.2 Å². The molecule has 1 aromatic carbocycles. The van der Waals surface area contributed by atoms with Crippen molar-refractivity contribution in [2.45, 2.75) is 20.3 Å². The number of primary amides is 1. The van der Waals surface area contributed by atoms with Crippen LogP contribution in [0.25, 0.3) is 0 Å². The van der Waals surface area contributed by atoms with E-state index in [1.165, 1.54) is 16.2 Å². The number of rotatable bonds is 4. The first kappa shape index (κ1) is 14.3. The molecule has 0 spiro atoms. The van der Waals surface area contributed by atoms with E-state index in [2.05, 4.69) is 12.2 Å². The second-order valence-corrected chi connectivity index (χ2v) is 5.61. The third kappa shape index (κ3) is 3.05. The lowest BCUT2D eigenvalue weighted by atomic mass is 10.2. The van der Waals surface area contributed by atoms with E-state index in [0.29, 0.717) is 16.1 Å². The Morgan fingerprint density at radius 3 is 2.65 bits per heavy atom. The Labute approximate surface area is 121 Å². The van der Waals surface area contributed by atoms with Gasteiger partial charge >= 0.3 is 0 Å². The molecule has 2 rings (SSSR count). The normalized spacial score (nSPS) is 10.3. The molecule has 1 heterocycles. The lowest BCUT2D eigenvalue weighted by Crippen LogP contribution is -2.13. The number of thiophene rings is 1. The molecule has 0 unspecified atom stereocenters. The smallest absolute Gasteiger partial charge is 0.265 e. The van der Waals surface area contributed by atoms with E-state index in [1.807, 2.05) is 13.0 Å². The van der Waals surface area contributed by atoms with Crippen molar-refractivity contribution in [2.24, 2.45) is 5.73 Å². The summed E-state index contributed by atoms with van der Waals surface area (Å²) >= 11 is 1.49. The van der Waals surface area contributed by atoms with E-state index < -0.39 is 5.91 Å². The van der Waals surface area contributed by atoms with E-state index in [9.17, 15) is 9.59 Å². The molecule has 20 heavy (non-hydrogen) atoms. The maximum Gasteiger partial charge on any atom is 0.265 e. The van der Waals surface area contributed by atoms with E-state index in [-0.39, 0.29) is 5.91 Å². The molecule has 0 aliphatic rings.